The molecule has 0 radical (unpaired) electrons. The van der Waals surface area contributed by atoms with Gasteiger partial charge in [-0.15, -0.1) is 5.92 Å². The van der Waals surface area contributed by atoms with Crippen molar-refractivity contribution in [3.05, 3.63) is 35.4 Å². The Morgan fingerprint density at radius 2 is 2.17 bits per heavy atom. The van der Waals surface area contributed by atoms with Crippen molar-refractivity contribution in [3.8, 4) is 11.8 Å². The topological polar surface area (TPSA) is 20.2 Å². The third-order valence-corrected chi connectivity index (χ3v) is 1.64. The number of rotatable bonds is 1. The first kappa shape index (κ1) is 8.83. The molecule has 1 aromatic carbocycles. The van der Waals surface area contributed by atoms with Crippen LogP contribution in [0.1, 0.15) is 31.1 Å². The summed E-state index contributed by atoms with van der Waals surface area (Å²) in [5.74, 6) is 5.76. The summed E-state index contributed by atoms with van der Waals surface area (Å²) >= 11 is 0. The summed E-state index contributed by atoms with van der Waals surface area (Å²) in [6.07, 6.45) is -0.413. The van der Waals surface area contributed by atoms with E-state index in [9.17, 15) is 5.11 Å². The van der Waals surface area contributed by atoms with E-state index in [-0.39, 0.29) is 0 Å². The van der Waals surface area contributed by atoms with Gasteiger partial charge in [-0.25, -0.2) is 0 Å². The highest BCUT2D eigenvalue weighted by molar-refractivity contribution is 5.37. The van der Waals surface area contributed by atoms with Gasteiger partial charge >= 0.3 is 0 Å². The predicted molar refractivity (Wildman–Crippen MR) is 49.6 cm³/mol. The molecule has 0 heterocycles. The number of benzene rings is 1. The Labute approximate surface area is 73.0 Å². The van der Waals surface area contributed by atoms with Crippen LogP contribution in [0, 0.1) is 11.8 Å². The van der Waals surface area contributed by atoms with Crippen LogP contribution in [0.25, 0.3) is 0 Å². The van der Waals surface area contributed by atoms with Crippen molar-refractivity contribution in [1.29, 1.82) is 0 Å². The van der Waals surface area contributed by atoms with E-state index >= 15 is 0 Å². The second-order valence-electron chi connectivity index (χ2n) is 2.68. The Morgan fingerprint density at radius 3 is 2.75 bits per heavy atom. The monoisotopic (exact) mass is 160 g/mol. The van der Waals surface area contributed by atoms with E-state index in [1.807, 2.05) is 24.3 Å². The Kier molecular flexibility index (Phi) is 2.90. The SMILES string of the molecule is CC#Cc1cccc(C(C)O)c1. The molecule has 0 aliphatic rings. The van der Waals surface area contributed by atoms with Gasteiger partial charge in [0.05, 0.1) is 6.10 Å². The van der Waals surface area contributed by atoms with Gasteiger partial charge in [0.25, 0.3) is 0 Å². The summed E-state index contributed by atoms with van der Waals surface area (Å²) < 4.78 is 0. The van der Waals surface area contributed by atoms with Gasteiger partial charge in [-0.05, 0) is 31.5 Å². The Hall–Kier alpha value is -1.26. The molecule has 0 fully saturated rings. The van der Waals surface area contributed by atoms with Crippen molar-refractivity contribution in [2.75, 3.05) is 0 Å². The molecule has 0 saturated carbocycles. The molecule has 0 saturated heterocycles. The maximum atomic E-state index is 9.27. The number of aliphatic hydroxyl groups excluding tert-OH is 1. The van der Waals surface area contributed by atoms with Gasteiger partial charge < -0.3 is 5.11 Å². The molecule has 1 unspecified atom stereocenters. The summed E-state index contributed by atoms with van der Waals surface area (Å²) in [5, 5.41) is 9.27. The van der Waals surface area contributed by atoms with E-state index in [4.69, 9.17) is 0 Å². The zero-order valence-corrected chi connectivity index (χ0v) is 7.33. The Balaban J connectivity index is 3.01. The number of hydrogen-bond acceptors (Lipinski definition) is 1. The maximum Gasteiger partial charge on any atom is 0.0762 e. The van der Waals surface area contributed by atoms with Gasteiger partial charge in [0.15, 0.2) is 0 Å². The van der Waals surface area contributed by atoms with Crippen molar-refractivity contribution in [3.63, 3.8) is 0 Å². The standard InChI is InChI=1S/C11H12O/c1-3-5-10-6-4-7-11(8-10)9(2)12/h4,6-9,12H,1-2H3. The van der Waals surface area contributed by atoms with Gasteiger partial charge in [0.1, 0.15) is 0 Å². The molecule has 1 heteroatoms. The van der Waals surface area contributed by atoms with Gasteiger partial charge in [-0.3, -0.25) is 0 Å². The average molecular weight is 160 g/mol. The molecule has 0 amide bonds. The van der Waals surface area contributed by atoms with Crippen molar-refractivity contribution in [2.24, 2.45) is 0 Å². The molecule has 0 aromatic heterocycles. The van der Waals surface area contributed by atoms with Crippen LogP contribution < -0.4 is 0 Å². The lowest BCUT2D eigenvalue weighted by atomic mass is 10.1. The van der Waals surface area contributed by atoms with E-state index in [2.05, 4.69) is 11.8 Å². The van der Waals surface area contributed by atoms with Crippen LogP contribution in [-0.2, 0) is 0 Å². The molecule has 0 aliphatic heterocycles. The third kappa shape index (κ3) is 2.11. The second kappa shape index (κ2) is 3.94. The second-order valence-corrected chi connectivity index (χ2v) is 2.68. The zero-order valence-electron chi connectivity index (χ0n) is 7.33. The molecular weight excluding hydrogens is 148 g/mol. The smallest absolute Gasteiger partial charge is 0.0762 e. The highest BCUT2D eigenvalue weighted by Crippen LogP contribution is 2.12. The molecule has 1 atom stereocenters. The minimum atomic E-state index is -0.413. The van der Waals surface area contributed by atoms with Crippen LogP contribution in [0.15, 0.2) is 24.3 Å². The van der Waals surface area contributed by atoms with E-state index in [1.165, 1.54) is 0 Å². The summed E-state index contributed by atoms with van der Waals surface area (Å²) in [7, 11) is 0. The maximum absolute atomic E-state index is 9.27. The summed E-state index contributed by atoms with van der Waals surface area (Å²) in [5.41, 5.74) is 1.87. The van der Waals surface area contributed by atoms with Crippen LogP contribution in [0.2, 0.25) is 0 Å². The molecular formula is C11H12O. The molecule has 1 nitrogen and oxygen atoms in total. The Bertz CT molecular complexity index is 315. The van der Waals surface area contributed by atoms with Crippen LogP contribution in [0.5, 0.6) is 0 Å². The lowest BCUT2D eigenvalue weighted by Crippen LogP contribution is -1.90. The van der Waals surface area contributed by atoms with Crippen molar-refractivity contribution in [1.82, 2.24) is 0 Å². The van der Waals surface area contributed by atoms with Gasteiger partial charge in [0, 0.05) is 5.56 Å². The van der Waals surface area contributed by atoms with Gasteiger partial charge in [0.2, 0.25) is 0 Å². The third-order valence-electron chi connectivity index (χ3n) is 1.64. The minimum absolute atomic E-state index is 0.413. The highest BCUT2D eigenvalue weighted by Gasteiger charge is 1.99. The van der Waals surface area contributed by atoms with Crippen LogP contribution in [0.3, 0.4) is 0 Å². The zero-order chi connectivity index (χ0) is 8.97. The van der Waals surface area contributed by atoms with E-state index in [0.29, 0.717) is 0 Å². The number of hydrogen-bond donors (Lipinski definition) is 1. The number of aliphatic hydroxyl groups is 1. The molecule has 0 aliphatic carbocycles. The largest absolute Gasteiger partial charge is 0.389 e. The highest BCUT2D eigenvalue weighted by atomic mass is 16.3. The summed E-state index contributed by atoms with van der Waals surface area (Å²) in [6, 6.07) is 7.64. The molecule has 1 N–H and O–H groups in total. The lowest BCUT2D eigenvalue weighted by Gasteiger charge is -2.03. The molecule has 62 valence electrons. The van der Waals surface area contributed by atoms with Crippen molar-refractivity contribution < 1.29 is 5.11 Å². The first-order valence-electron chi connectivity index (χ1n) is 3.95. The normalized spacial score (nSPS) is 11.6. The van der Waals surface area contributed by atoms with E-state index < -0.39 is 6.10 Å². The van der Waals surface area contributed by atoms with Gasteiger partial charge in [-0.2, -0.15) is 0 Å². The average Bonchev–Trinajstić information content (AvgIpc) is 2.05. The Morgan fingerprint density at radius 1 is 1.42 bits per heavy atom. The predicted octanol–water partition coefficient (Wildman–Crippen LogP) is 2.11. The first-order chi connectivity index (χ1) is 5.74. The van der Waals surface area contributed by atoms with Gasteiger partial charge in [-0.1, -0.05) is 18.1 Å². The fraction of sp³-hybridized carbons (Fsp3) is 0.273. The minimum Gasteiger partial charge on any atom is -0.389 e. The van der Waals surface area contributed by atoms with Crippen LogP contribution in [0.4, 0.5) is 0 Å². The fourth-order valence-electron chi connectivity index (χ4n) is 1.02. The van der Waals surface area contributed by atoms with Crippen molar-refractivity contribution >= 4 is 0 Å². The summed E-state index contributed by atoms with van der Waals surface area (Å²) in [6.45, 7) is 3.55. The quantitative estimate of drug-likeness (QED) is 0.624. The van der Waals surface area contributed by atoms with Crippen LogP contribution >= 0.6 is 0 Å². The fourth-order valence-corrected chi connectivity index (χ4v) is 1.02. The molecule has 0 spiro atoms. The summed E-state index contributed by atoms with van der Waals surface area (Å²) in [4.78, 5) is 0. The van der Waals surface area contributed by atoms with Crippen LogP contribution in [-0.4, -0.2) is 5.11 Å². The first-order valence-corrected chi connectivity index (χ1v) is 3.95. The lowest BCUT2D eigenvalue weighted by molar-refractivity contribution is 0.199. The molecule has 1 aromatic rings. The van der Waals surface area contributed by atoms with E-state index in [1.54, 1.807) is 13.8 Å². The molecule has 12 heavy (non-hydrogen) atoms. The molecule has 1 rings (SSSR count). The molecule has 0 bridgehead atoms. The van der Waals surface area contributed by atoms with E-state index in [0.717, 1.165) is 11.1 Å². The van der Waals surface area contributed by atoms with Crippen molar-refractivity contribution in [2.45, 2.75) is 20.0 Å².